The molecule has 0 aliphatic heterocycles. The topological polar surface area (TPSA) is 71.1 Å². The van der Waals surface area contributed by atoms with E-state index < -0.39 is 10.0 Å². The third-order valence-electron chi connectivity index (χ3n) is 2.58. The minimum atomic E-state index is -3.57. The Bertz CT molecular complexity index is 651. The zero-order valence-electron chi connectivity index (χ0n) is 11.3. The number of aromatic nitrogens is 1. The van der Waals surface area contributed by atoms with E-state index in [4.69, 9.17) is 0 Å². The molecule has 0 aliphatic rings. The molecule has 5 nitrogen and oxygen atoms in total. The van der Waals surface area contributed by atoms with Gasteiger partial charge in [-0.15, -0.1) is 11.3 Å². The summed E-state index contributed by atoms with van der Waals surface area (Å²) >= 11 is 1.43. The first-order valence-electron chi connectivity index (χ1n) is 6.21. The minimum Gasteiger partial charge on any atom is -0.310 e. The zero-order chi connectivity index (χ0) is 14.6. The number of nitrogens with one attached hydrogen (secondary N) is 2. The summed E-state index contributed by atoms with van der Waals surface area (Å²) in [4.78, 5) is 5.02. The van der Waals surface area contributed by atoms with Crippen molar-refractivity contribution in [2.24, 2.45) is 0 Å². The van der Waals surface area contributed by atoms with Crippen LogP contribution in [0.5, 0.6) is 0 Å². The lowest BCUT2D eigenvalue weighted by molar-refractivity contribution is 0.581. The summed E-state index contributed by atoms with van der Waals surface area (Å²) in [6, 6.07) is 5.29. The van der Waals surface area contributed by atoms with Crippen molar-refractivity contribution in [2.45, 2.75) is 31.3 Å². The maximum Gasteiger partial charge on any atom is 0.263 e. The molecule has 0 fully saturated rings. The van der Waals surface area contributed by atoms with Crippen LogP contribution in [0.15, 0.2) is 40.9 Å². The molecule has 2 aromatic heterocycles. The molecule has 0 aliphatic carbocycles. The normalized spacial score (nSPS) is 11.8. The molecule has 2 heterocycles. The van der Waals surface area contributed by atoms with Crippen LogP contribution in [0, 0.1) is 0 Å². The van der Waals surface area contributed by atoms with Gasteiger partial charge in [0, 0.05) is 23.7 Å². The van der Waals surface area contributed by atoms with Crippen LogP contribution >= 0.6 is 11.3 Å². The Balaban J connectivity index is 2.20. The molecule has 0 spiro atoms. The fraction of sp³-hybridized carbons (Fsp3) is 0.308. The summed E-state index contributed by atoms with van der Waals surface area (Å²) in [5, 5.41) is 5.02. The minimum absolute atomic E-state index is 0.305. The van der Waals surface area contributed by atoms with Gasteiger partial charge in [0.2, 0.25) is 0 Å². The van der Waals surface area contributed by atoms with Gasteiger partial charge in [-0.2, -0.15) is 0 Å². The fourth-order valence-corrected chi connectivity index (χ4v) is 4.07. The summed E-state index contributed by atoms with van der Waals surface area (Å²) in [6.07, 6.45) is 3.08. The molecule has 2 N–H and O–H groups in total. The Morgan fingerprint density at radius 2 is 2.15 bits per heavy atom. The van der Waals surface area contributed by atoms with Crippen molar-refractivity contribution in [1.82, 2.24) is 10.3 Å². The Morgan fingerprint density at radius 3 is 2.80 bits per heavy atom. The molecule has 0 unspecified atom stereocenters. The van der Waals surface area contributed by atoms with Gasteiger partial charge in [0.15, 0.2) is 0 Å². The molecule has 2 rings (SSSR count). The van der Waals surface area contributed by atoms with Gasteiger partial charge in [-0.25, -0.2) is 8.42 Å². The number of sulfonamides is 1. The van der Waals surface area contributed by atoms with E-state index in [1.165, 1.54) is 17.5 Å². The molecule has 0 atom stereocenters. The fourth-order valence-electron chi connectivity index (χ4n) is 1.63. The Hall–Kier alpha value is -1.44. The van der Waals surface area contributed by atoms with Crippen molar-refractivity contribution in [3.63, 3.8) is 0 Å². The van der Waals surface area contributed by atoms with Crippen LogP contribution in [0.4, 0.5) is 5.69 Å². The van der Waals surface area contributed by atoms with E-state index in [2.05, 4.69) is 15.0 Å². The number of pyridine rings is 1. The van der Waals surface area contributed by atoms with Crippen LogP contribution in [-0.4, -0.2) is 19.4 Å². The summed E-state index contributed by atoms with van der Waals surface area (Å²) < 4.78 is 27.3. The van der Waals surface area contributed by atoms with E-state index >= 15 is 0 Å². The Kier molecular flexibility index (Phi) is 4.74. The third-order valence-corrected chi connectivity index (χ3v) is 5.09. The van der Waals surface area contributed by atoms with Crippen LogP contribution in [0.3, 0.4) is 0 Å². The highest BCUT2D eigenvalue weighted by atomic mass is 32.2. The van der Waals surface area contributed by atoms with E-state index in [0.29, 0.717) is 23.2 Å². The first-order chi connectivity index (χ1) is 9.49. The monoisotopic (exact) mass is 311 g/mol. The molecule has 0 bridgehead atoms. The predicted octanol–water partition coefficient (Wildman–Crippen LogP) is 2.44. The second-order valence-corrected chi connectivity index (χ2v) is 7.24. The molecule has 0 saturated carbocycles. The van der Waals surface area contributed by atoms with Gasteiger partial charge in [0.1, 0.15) is 4.90 Å². The Morgan fingerprint density at radius 1 is 1.35 bits per heavy atom. The highest BCUT2D eigenvalue weighted by Crippen LogP contribution is 2.24. The zero-order valence-corrected chi connectivity index (χ0v) is 13.0. The lowest BCUT2D eigenvalue weighted by Gasteiger charge is -2.10. The van der Waals surface area contributed by atoms with E-state index in [9.17, 15) is 8.42 Å². The summed E-state index contributed by atoms with van der Waals surface area (Å²) in [6.45, 7) is 4.59. The molecule has 0 aromatic carbocycles. The van der Waals surface area contributed by atoms with E-state index in [1.54, 1.807) is 29.8 Å². The highest BCUT2D eigenvalue weighted by molar-refractivity contribution is 7.93. The highest BCUT2D eigenvalue weighted by Gasteiger charge is 2.19. The summed E-state index contributed by atoms with van der Waals surface area (Å²) in [5.41, 5.74) is 0.460. The van der Waals surface area contributed by atoms with Gasteiger partial charge in [0.25, 0.3) is 10.0 Å². The Labute approximate surface area is 123 Å². The quantitative estimate of drug-likeness (QED) is 0.859. The van der Waals surface area contributed by atoms with Crippen LogP contribution in [0.25, 0.3) is 0 Å². The maximum atomic E-state index is 12.4. The number of thiophene rings is 1. The number of hydrogen-bond acceptors (Lipinski definition) is 5. The van der Waals surface area contributed by atoms with Gasteiger partial charge in [0.05, 0.1) is 11.9 Å². The van der Waals surface area contributed by atoms with Gasteiger partial charge < -0.3 is 5.32 Å². The largest absolute Gasteiger partial charge is 0.310 e. The maximum absolute atomic E-state index is 12.4. The average molecular weight is 311 g/mol. The summed E-state index contributed by atoms with van der Waals surface area (Å²) in [7, 11) is -3.57. The first kappa shape index (κ1) is 15.0. The number of anilines is 1. The van der Waals surface area contributed by atoms with Gasteiger partial charge >= 0.3 is 0 Å². The molecule has 0 radical (unpaired) electrons. The van der Waals surface area contributed by atoms with Gasteiger partial charge in [-0.05, 0) is 23.6 Å². The second kappa shape index (κ2) is 6.34. The number of rotatable bonds is 6. The van der Waals surface area contributed by atoms with Crippen molar-refractivity contribution < 1.29 is 8.42 Å². The molecule has 7 heteroatoms. The van der Waals surface area contributed by atoms with Crippen molar-refractivity contribution >= 4 is 27.0 Å². The number of nitrogens with zero attached hydrogens (tertiary/aromatic N) is 1. The lowest BCUT2D eigenvalue weighted by atomic mass is 10.4. The average Bonchev–Trinajstić information content (AvgIpc) is 2.86. The van der Waals surface area contributed by atoms with Gasteiger partial charge in [-0.3, -0.25) is 9.71 Å². The molecular formula is C13H17N3O2S2. The van der Waals surface area contributed by atoms with Gasteiger partial charge in [-0.1, -0.05) is 13.8 Å². The summed E-state index contributed by atoms with van der Waals surface area (Å²) in [5.74, 6) is 0. The third kappa shape index (κ3) is 3.78. The van der Waals surface area contributed by atoms with Crippen molar-refractivity contribution in [1.29, 1.82) is 0 Å². The molecule has 0 saturated heterocycles. The van der Waals surface area contributed by atoms with Crippen molar-refractivity contribution in [3.8, 4) is 0 Å². The van der Waals surface area contributed by atoms with Crippen LogP contribution in [0.2, 0.25) is 0 Å². The van der Waals surface area contributed by atoms with E-state index in [-0.39, 0.29) is 0 Å². The number of hydrogen-bond donors (Lipinski definition) is 2. The molecular weight excluding hydrogens is 294 g/mol. The molecule has 108 valence electrons. The second-order valence-electron chi connectivity index (χ2n) is 4.59. The SMILES string of the molecule is CC(C)NCc1sccc1S(=O)(=O)Nc1cccnc1. The van der Waals surface area contributed by atoms with Crippen molar-refractivity contribution in [2.75, 3.05) is 4.72 Å². The molecule has 0 amide bonds. The lowest BCUT2D eigenvalue weighted by Crippen LogP contribution is -2.23. The van der Waals surface area contributed by atoms with E-state index in [0.717, 1.165) is 4.88 Å². The molecule has 2 aromatic rings. The smallest absolute Gasteiger partial charge is 0.263 e. The van der Waals surface area contributed by atoms with Crippen LogP contribution in [-0.2, 0) is 16.6 Å². The van der Waals surface area contributed by atoms with Crippen molar-refractivity contribution in [3.05, 3.63) is 40.8 Å². The first-order valence-corrected chi connectivity index (χ1v) is 8.58. The van der Waals surface area contributed by atoms with Crippen LogP contribution in [0.1, 0.15) is 18.7 Å². The predicted molar refractivity (Wildman–Crippen MR) is 81.3 cm³/mol. The van der Waals surface area contributed by atoms with Crippen LogP contribution < -0.4 is 10.0 Å². The van der Waals surface area contributed by atoms with E-state index in [1.807, 2.05) is 13.8 Å². The molecule has 20 heavy (non-hydrogen) atoms. The standard InChI is InChI=1S/C13H17N3O2S2/c1-10(2)15-9-12-13(5-7-19-12)20(17,18)16-11-4-3-6-14-8-11/h3-8,10,15-16H,9H2,1-2H3.